The van der Waals surface area contributed by atoms with Crippen molar-refractivity contribution >= 4 is 29.1 Å². The molecule has 1 atom stereocenters. The Hall–Kier alpha value is -3.48. The Morgan fingerprint density at radius 3 is 2.50 bits per heavy atom. The van der Waals surface area contributed by atoms with E-state index in [0.29, 0.717) is 61.2 Å². The number of nitrogens with one attached hydrogen (secondary N) is 1. The van der Waals surface area contributed by atoms with Crippen molar-refractivity contribution in [1.29, 1.82) is 0 Å². The Labute approximate surface area is 186 Å². The fourth-order valence-corrected chi connectivity index (χ4v) is 4.32. The molecule has 32 heavy (non-hydrogen) atoms. The highest BCUT2D eigenvalue weighted by Crippen LogP contribution is 2.30. The number of hydrogen-bond donors (Lipinski definition) is 1. The van der Waals surface area contributed by atoms with Crippen LogP contribution in [0.4, 0.5) is 5.69 Å². The Morgan fingerprint density at radius 2 is 1.75 bits per heavy atom. The number of hydrogen-bond acceptors (Lipinski definition) is 5. The van der Waals surface area contributed by atoms with Crippen molar-refractivity contribution in [3.05, 3.63) is 59.2 Å². The van der Waals surface area contributed by atoms with Gasteiger partial charge in [-0.05, 0) is 67.3 Å². The lowest BCUT2D eigenvalue weighted by Crippen LogP contribution is -2.41. The van der Waals surface area contributed by atoms with Crippen molar-refractivity contribution in [2.75, 3.05) is 12.4 Å². The summed E-state index contributed by atoms with van der Waals surface area (Å²) in [6.07, 6.45) is 2.99. The Balaban J connectivity index is 1.49. The molecule has 7 nitrogen and oxygen atoms in total. The number of methoxy groups -OCH3 is 1. The fraction of sp³-hybridized carbons (Fsp3) is 0.360. The predicted molar refractivity (Wildman–Crippen MR) is 119 cm³/mol. The molecule has 0 bridgehead atoms. The SMILES string of the molecule is COc1ccc(C(=O)Nc2ccc3c(c2)CN(C2CCC(=O)CCCCC2=O)C3=O)cc1. The van der Waals surface area contributed by atoms with Gasteiger partial charge in [-0.3, -0.25) is 19.2 Å². The molecular weight excluding hydrogens is 408 g/mol. The summed E-state index contributed by atoms with van der Waals surface area (Å²) in [7, 11) is 1.56. The van der Waals surface area contributed by atoms with E-state index in [1.165, 1.54) is 0 Å². The standard InChI is InChI=1S/C25H26N2O5/c1-32-20-10-6-16(7-11-20)24(30)26-18-8-12-21-17(14-18)15-27(25(21)31)22-13-9-19(28)4-2-3-5-23(22)29/h6-8,10-12,14,22H,2-5,9,13,15H2,1H3,(H,26,30). The van der Waals surface area contributed by atoms with Crippen molar-refractivity contribution in [1.82, 2.24) is 4.90 Å². The maximum atomic E-state index is 13.0. The van der Waals surface area contributed by atoms with Gasteiger partial charge in [0, 0.05) is 42.6 Å². The second kappa shape index (κ2) is 9.34. The van der Waals surface area contributed by atoms with E-state index in [9.17, 15) is 19.2 Å². The lowest BCUT2D eigenvalue weighted by atomic mass is 10.0. The van der Waals surface area contributed by atoms with Crippen molar-refractivity contribution < 1.29 is 23.9 Å². The summed E-state index contributed by atoms with van der Waals surface area (Å²) in [5, 5.41) is 2.85. The highest BCUT2D eigenvalue weighted by atomic mass is 16.5. The van der Waals surface area contributed by atoms with Crippen LogP contribution in [0.15, 0.2) is 42.5 Å². The lowest BCUT2D eigenvalue weighted by Gasteiger charge is -2.26. The first-order valence-corrected chi connectivity index (χ1v) is 10.9. The summed E-state index contributed by atoms with van der Waals surface area (Å²) in [5.74, 6) is 0.377. The van der Waals surface area contributed by atoms with Gasteiger partial charge in [-0.15, -0.1) is 0 Å². The smallest absolute Gasteiger partial charge is 0.255 e. The minimum Gasteiger partial charge on any atom is -0.497 e. The molecule has 1 fully saturated rings. The predicted octanol–water partition coefficient (Wildman–Crippen LogP) is 3.76. The molecule has 1 heterocycles. The zero-order valence-electron chi connectivity index (χ0n) is 18.1. The second-order valence-corrected chi connectivity index (χ2v) is 8.25. The van der Waals surface area contributed by atoms with E-state index >= 15 is 0 Å². The quantitative estimate of drug-likeness (QED) is 0.791. The maximum absolute atomic E-state index is 13.0. The molecule has 1 aliphatic heterocycles. The zero-order valence-corrected chi connectivity index (χ0v) is 18.1. The van der Waals surface area contributed by atoms with E-state index in [-0.39, 0.29) is 23.4 Å². The van der Waals surface area contributed by atoms with Gasteiger partial charge in [0.25, 0.3) is 11.8 Å². The number of anilines is 1. The first-order chi connectivity index (χ1) is 15.5. The minimum absolute atomic E-state index is 0.0221. The summed E-state index contributed by atoms with van der Waals surface area (Å²) < 4.78 is 5.11. The van der Waals surface area contributed by atoms with Gasteiger partial charge in [0.05, 0.1) is 13.2 Å². The van der Waals surface area contributed by atoms with Gasteiger partial charge < -0.3 is 15.0 Å². The summed E-state index contributed by atoms with van der Waals surface area (Å²) in [6.45, 7) is 0.297. The Morgan fingerprint density at radius 1 is 1.00 bits per heavy atom. The number of nitrogens with zero attached hydrogens (tertiary/aromatic N) is 1. The number of Topliss-reactive ketones (excluding diaryl/α,β-unsaturated/α-hetero) is 2. The van der Waals surface area contributed by atoms with Crippen LogP contribution in [0.25, 0.3) is 0 Å². The Bertz CT molecular complexity index is 1060. The van der Waals surface area contributed by atoms with E-state index in [2.05, 4.69) is 5.32 Å². The van der Waals surface area contributed by atoms with E-state index in [4.69, 9.17) is 4.74 Å². The third-order valence-electron chi connectivity index (χ3n) is 6.12. The van der Waals surface area contributed by atoms with Gasteiger partial charge in [-0.2, -0.15) is 0 Å². The molecule has 1 saturated carbocycles. The van der Waals surface area contributed by atoms with Crippen LogP contribution in [-0.4, -0.2) is 41.4 Å². The molecule has 2 aromatic carbocycles. The molecular formula is C25H26N2O5. The van der Waals surface area contributed by atoms with Gasteiger partial charge in [-0.1, -0.05) is 0 Å². The van der Waals surface area contributed by atoms with Crippen LogP contribution in [-0.2, 0) is 16.1 Å². The van der Waals surface area contributed by atoms with Gasteiger partial charge in [0.2, 0.25) is 0 Å². The van der Waals surface area contributed by atoms with Gasteiger partial charge >= 0.3 is 0 Å². The topological polar surface area (TPSA) is 92.8 Å². The normalized spacial score (nSPS) is 19.1. The van der Waals surface area contributed by atoms with Crippen molar-refractivity contribution in [3.63, 3.8) is 0 Å². The van der Waals surface area contributed by atoms with Gasteiger partial charge in [0.15, 0.2) is 5.78 Å². The van der Waals surface area contributed by atoms with Crippen LogP contribution < -0.4 is 10.1 Å². The Kier molecular flexibility index (Phi) is 6.35. The summed E-state index contributed by atoms with van der Waals surface area (Å²) in [6, 6.07) is 11.4. The average molecular weight is 434 g/mol. The van der Waals surface area contributed by atoms with E-state index < -0.39 is 6.04 Å². The van der Waals surface area contributed by atoms with E-state index in [0.717, 1.165) is 12.0 Å². The third kappa shape index (κ3) is 4.56. The van der Waals surface area contributed by atoms with Crippen molar-refractivity contribution in [3.8, 4) is 5.75 Å². The third-order valence-corrected chi connectivity index (χ3v) is 6.12. The van der Waals surface area contributed by atoms with Crippen LogP contribution in [0, 0.1) is 0 Å². The molecule has 0 aromatic heterocycles. The average Bonchev–Trinajstić information content (AvgIpc) is 3.15. The molecule has 1 aliphatic carbocycles. The summed E-state index contributed by atoms with van der Waals surface area (Å²) in [5.41, 5.74) is 2.37. The van der Waals surface area contributed by atoms with Crippen LogP contribution in [0.2, 0.25) is 0 Å². The number of ketones is 2. The minimum atomic E-state index is -0.575. The molecule has 7 heteroatoms. The number of ether oxygens (including phenoxy) is 1. The molecule has 1 N–H and O–H groups in total. The molecule has 4 rings (SSSR count). The monoisotopic (exact) mass is 434 g/mol. The van der Waals surface area contributed by atoms with Crippen LogP contribution in [0.1, 0.15) is 64.8 Å². The van der Waals surface area contributed by atoms with Crippen molar-refractivity contribution in [2.45, 2.75) is 51.1 Å². The number of benzene rings is 2. The molecule has 2 aromatic rings. The molecule has 2 aliphatic rings. The molecule has 1 unspecified atom stereocenters. The van der Waals surface area contributed by atoms with Gasteiger partial charge in [0.1, 0.15) is 11.5 Å². The van der Waals surface area contributed by atoms with Gasteiger partial charge in [-0.25, -0.2) is 0 Å². The van der Waals surface area contributed by atoms with Crippen LogP contribution >= 0.6 is 0 Å². The number of fused-ring (bicyclic) bond motifs is 1. The van der Waals surface area contributed by atoms with Crippen LogP contribution in [0.5, 0.6) is 5.75 Å². The highest BCUT2D eigenvalue weighted by molar-refractivity contribution is 6.05. The molecule has 2 amide bonds. The second-order valence-electron chi connectivity index (χ2n) is 8.25. The van der Waals surface area contributed by atoms with Crippen molar-refractivity contribution in [2.24, 2.45) is 0 Å². The molecule has 0 spiro atoms. The lowest BCUT2D eigenvalue weighted by molar-refractivity contribution is -0.124. The van der Waals surface area contributed by atoms with E-state index in [1.54, 1.807) is 54.5 Å². The first-order valence-electron chi connectivity index (χ1n) is 10.9. The van der Waals surface area contributed by atoms with Crippen LogP contribution in [0.3, 0.4) is 0 Å². The molecule has 166 valence electrons. The summed E-state index contributed by atoms with van der Waals surface area (Å²) in [4.78, 5) is 51.9. The fourth-order valence-electron chi connectivity index (χ4n) is 4.32. The number of rotatable bonds is 4. The number of amides is 2. The largest absolute Gasteiger partial charge is 0.497 e. The maximum Gasteiger partial charge on any atom is 0.255 e. The molecule has 0 saturated heterocycles. The number of carbonyl (C=O) groups is 4. The number of carbonyl (C=O) groups excluding carboxylic acids is 4. The molecule has 0 radical (unpaired) electrons. The highest BCUT2D eigenvalue weighted by Gasteiger charge is 2.36. The van der Waals surface area contributed by atoms with E-state index in [1.807, 2.05) is 0 Å². The zero-order chi connectivity index (χ0) is 22.7. The summed E-state index contributed by atoms with van der Waals surface area (Å²) >= 11 is 0. The first kappa shape index (κ1) is 21.7.